The molecule has 0 bridgehead atoms. The summed E-state index contributed by atoms with van der Waals surface area (Å²) in [5, 5.41) is 53.1. The Labute approximate surface area is 127 Å². The molecule has 9 heteroatoms. The zero-order chi connectivity index (χ0) is 11.5. The van der Waals surface area contributed by atoms with E-state index in [1.54, 1.807) is 0 Å². The van der Waals surface area contributed by atoms with Crippen molar-refractivity contribution in [1.82, 2.24) is 0 Å². The molecule has 0 rings (SSSR count). The maximum absolute atomic E-state index is 10.1. The molecule has 0 fully saturated rings. The van der Waals surface area contributed by atoms with Crippen molar-refractivity contribution in [3.8, 4) is 0 Å². The van der Waals surface area contributed by atoms with Crippen LogP contribution in [0.4, 0.5) is 0 Å². The Hall–Kier alpha value is 0.416. The van der Waals surface area contributed by atoms with Crippen molar-refractivity contribution in [3.63, 3.8) is 0 Å². The molecule has 82 valence electrons. The second-order valence-electron chi connectivity index (χ2n) is 2.53. The molecule has 0 aliphatic carbocycles. The van der Waals surface area contributed by atoms with Crippen molar-refractivity contribution in [3.05, 3.63) is 0 Å². The molecular formula is C6H9KO8. The molecule has 5 N–H and O–H groups in total. The third kappa shape index (κ3) is 5.33. The van der Waals surface area contributed by atoms with Crippen molar-refractivity contribution in [2.24, 2.45) is 0 Å². The Balaban J connectivity index is 0. The molecule has 0 heterocycles. The monoisotopic (exact) mass is 249 g/mol. The Morgan fingerprint density at radius 2 is 1.27 bits per heavy atom. The molecule has 4 atom stereocenters. The second-order valence-corrected chi connectivity index (χ2v) is 2.53. The van der Waals surface area contributed by atoms with Crippen LogP contribution >= 0.6 is 0 Å². The van der Waals surface area contributed by atoms with E-state index in [2.05, 4.69) is 0 Å². The summed E-state index contributed by atoms with van der Waals surface area (Å²) in [7, 11) is 0. The summed E-state index contributed by atoms with van der Waals surface area (Å²) in [5.74, 6) is -3.95. The van der Waals surface area contributed by atoms with E-state index < -0.39 is 36.4 Å². The van der Waals surface area contributed by atoms with Crippen LogP contribution < -0.4 is 56.5 Å². The van der Waals surface area contributed by atoms with Gasteiger partial charge in [0.2, 0.25) is 0 Å². The van der Waals surface area contributed by atoms with Gasteiger partial charge in [-0.1, -0.05) is 0 Å². The van der Waals surface area contributed by atoms with E-state index in [0.717, 1.165) is 0 Å². The summed E-state index contributed by atoms with van der Waals surface area (Å²) in [5.41, 5.74) is 0. The number of rotatable bonds is 5. The molecule has 0 aromatic rings. The van der Waals surface area contributed by atoms with Crippen LogP contribution in [0.25, 0.3) is 0 Å². The van der Waals surface area contributed by atoms with Crippen LogP contribution in [-0.4, -0.2) is 61.9 Å². The van der Waals surface area contributed by atoms with Crippen LogP contribution in [0, 0.1) is 0 Å². The first-order valence-electron chi connectivity index (χ1n) is 3.45. The number of carbonyl (C=O) groups excluding carboxylic acids is 1. The van der Waals surface area contributed by atoms with Crippen molar-refractivity contribution < 1.29 is 91.6 Å². The van der Waals surface area contributed by atoms with Crippen LogP contribution in [0.1, 0.15) is 0 Å². The molecule has 15 heavy (non-hydrogen) atoms. The fourth-order valence-electron chi connectivity index (χ4n) is 0.659. The SMILES string of the molecule is O=C(O)[C@H](O)[C@@H](O)[C@H](O)[C@H](O)[13C](=O)[O-].[K+]. The van der Waals surface area contributed by atoms with Crippen molar-refractivity contribution in [1.29, 1.82) is 0 Å². The van der Waals surface area contributed by atoms with E-state index >= 15 is 0 Å². The number of hydrogen-bond acceptors (Lipinski definition) is 7. The fourth-order valence-corrected chi connectivity index (χ4v) is 0.659. The summed E-state index contributed by atoms with van der Waals surface area (Å²) in [6, 6.07) is 0. The van der Waals surface area contributed by atoms with Gasteiger partial charge in [0, 0.05) is 0 Å². The van der Waals surface area contributed by atoms with E-state index in [9.17, 15) is 14.7 Å². The molecule has 0 aliphatic rings. The van der Waals surface area contributed by atoms with Gasteiger partial charge in [-0.05, 0) is 0 Å². The molecule has 0 aromatic heterocycles. The normalized spacial score (nSPS) is 18.1. The molecule has 8 nitrogen and oxygen atoms in total. The Kier molecular flexibility index (Phi) is 9.08. The summed E-state index contributed by atoms with van der Waals surface area (Å²) in [6.07, 6.45) is -9.52. The van der Waals surface area contributed by atoms with Crippen molar-refractivity contribution in [2.75, 3.05) is 0 Å². The Bertz CT molecular complexity index is 207. The zero-order valence-electron chi connectivity index (χ0n) is 7.77. The Morgan fingerprint density at radius 1 is 0.933 bits per heavy atom. The molecule has 0 radical (unpaired) electrons. The number of aliphatic carboxylic acids is 2. The third-order valence-electron chi connectivity index (χ3n) is 1.49. The van der Waals surface area contributed by atoms with Crippen molar-refractivity contribution in [2.45, 2.75) is 24.4 Å². The van der Waals surface area contributed by atoms with Crippen LogP contribution in [0.5, 0.6) is 0 Å². The quantitative estimate of drug-likeness (QED) is 0.237. The van der Waals surface area contributed by atoms with Gasteiger partial charge in [-0.3, -0.25) is 0 Å². The van der Waals surface area contributed by atoms with E-state index in [1.165, 1.54) is 0 Å². The maximum Gasteiger partial charge on any atom is 1.00 e. The largest absolute Gasteiger partial charge is 1.00 e. The standard InChI is InChI=1S/C6H10O8.K/c7-1(3(9)5(11)12)2(8)4(10)6(13)14;/h1-4,7-10H,(H,11,12)(H,13,14);/q;+1/p-1/t1-,2-,3-,4+;/m0./s1/i5+1;. The zero-order valence-corrected chi connectivity index (χ0v) is 10.9. The summed E-state index contributed by atoms with van der Waals surface area (Å²) < 4.78 is 0. The van der Waals surface area contributed by atoms with Gasteiger partial charge in [0.15, 0.2) is 6.10 Å². The molecule has 0 spiro atoms. The van der Waals surface area contributed by atoms with Gasteiger partial charge >= 0.3 is 57.4 Å². The van der Waals surface area contributed by atoms with Crippen molar-refractivity contribution >= 4 is 11.9 Å². The molecule has 0 unspecified atom stereocenters. The first kappa shape index (κ1) is 17.8. The number of carboxylic acid groups (broad SMARTS) is 2. The minimum atomic E-state index is -2.47. The minimum Gasteiger partial charge on any atom is -0.547 e. The number of carbonyl (C=O) groups is 2. The average Bonchev–Trinajstić information content (AvgIpc) is 2.12. The maximum atomic E-state index is 10.1. The number of aliphatic hydroxyl groups is 4. The van der Waals surface area contributed by atoms with E-state index in [4.69, 9.17) is 25.5 Å². The topological polar surface area (TPSA) is 158 Å². The van der Waals surface area contributed by atoms with E-state index in [0.29, 0.717) is 0 Å². The van der Waals surface area contributed by atoms with Gasteiger partial charge in [-0.15, -0.1) is 0 Å². The van der Waals surface area contributed by atoms with Gasteiger partial charge in [0.25, 0.3) is 0 Å². The number of hydrogen-bond donors (Lipinski definition) is 5. The van der Waals surface area contributed by atoms with Crippen LogP contribution in [0.3, 0.4) is 0 Å². The van der Waals surface area contributed by atoms with Crippen LogP contribution in [0.2, 0.25) is 0 Å². The molecule has 0 aromatic carbocycles. The number of carboxylic acids is 2. The predicted molar refractivity (Wildman–Crippen MR) is 36.7 cm³/mol. The average molecular weight is 249 g/mol. The molecule has 0 saturated heterocycles. The van der Waals surface area contributed by atoms with E-state index in [-0.39, 0.29) is 51.4 Å². The fraction of sp³-hybridized carbons (Fsp3) is 0.667. The molecule has 0 amide bonds. The minimum absolute atomic E-state index is 0. The molecule has 0 saturated carbocycles. The molecular weight excluding hydrogens is 240 g/mol. The van der Waals surface area contributed by atoms with Crippen LogP contribution in [-0.2, 0) is 9.59 Å². The van der Waals surface area contributed by atoms with Gasteiger partial charge in [0.1, 0.15) is 18.3 Å². The van der Waals surface area contributed by atoms with Crippen LogP contribution in [0.15, 0.2) is 0 Å². The summed E-state index contributed by atoms with van der Waals surface area (Å²) >= 11 is 0. The second kappa shape index (κ2) is 7.65. The van der Waals surface area contributed by atoms with E-state index in [1.807, 2.05) is 0 Å². The van der Waals surface area contributed by atoms with Gasteiger partial charge in [0.05, 0.1) is 5.97 Å². The summed E-state index contributed by atoms with van der Waals surface area (Å²) in [6.45, 7) is 0. The first-order valence-corrected chi connectivity index (χ1v) is 3.45. The molecule has 0 aliphatic heterocycles. The van der Waals surface area contributed by atoms with Gasteiger partial charge < -0.3 is 35.4 Å². The Morgan fingerprint density at radius 3 is 1.53 bits per heavy atom. The smallest absolute Gasteiger partial charge is 0.547 e. The predicted octanol–water partition coefficient (Wildman–Crippen LogP) is -7.73. The third-order valence-corrected chi connectivity index (χ3v) is 1.49. The van der Waals surface area contributed by atoms with Gasteiger partial charge in [-0.2, -0.15) is 0 Å². The first-order chi connectivity index (χ1) is 6.29. The van der Waals surface area contributed by atoms with Gasteiger partial charge in [-0.25, -0.2) is 4.79 Å². The summed E-state index contributed by atoms with van der Waals surface area (Å²) in [4.78, 5) is 20.0. The number of aliphatic hydroxyl groups excluding tert-OH is 4.